The van der Waals surface area contributed by atoms with Gasteiger partial charge in [0.05, 0.1) is 6.54 Å². The summed E-state index contributed by atoms with van der Waals surface area (Å²) in [5.74, 6) is 5.30. The molecule has 0 bridgehead atoms. The largest absolute Gasteiger partial charge is 0.359 e. The third-order valence-corrected chi connectivity index (χ3v) is 4.02. The molecule has 1 aromatic rings. The van der Waals surface area contributed by atoms with Gasteiger partial charge in [0.25, 0.3) is 5.91 Å². The van der Waals surface area contributed by atoms with E-state index >= 15 is 0 Å². The fraction of sp³-hybridized carbons (Fsp3) is 0.636. The SMILES string of the molecule is CC1CN(Cc2cc(C(=O)NN)no2)CC(C)S1. The number of nitrogen functional groups attached to an aromatic ring is 1. The van der Waals surface area contributed by atoms with Gasteiger partial charge in [-0.1, -0.05) is 19.0 Å². The molecule has 1 aromatic heterocycles. The molecule has 0 aliphatic carbocycles. The molecule has 100 valence electrons. The summed E-state index contributed by atoms with van der Waals surface area (Å²) in [7, 11) is 0. The van der Waals surface area contributed by atoms with E-state index in [4.69, 9.17) is 10.4 Å². The zero-order chi connectivity index (χ0) is 13.1. The van der Waals surface area contributed by atoms with E-state index in [1.807, 2.05) is 17.2 Å². The van der Waals surface area contributed by atoms with Gasteiger partial charge in [-0.25, -0.2) is 5.84 Å². The summed E-state index contributed by atoms with van der Waals surface area (Å²) < 4.78 is 5.15. The topological polar surface area (TPSA) is 84.4 Å². The van der Waals surface area contributed by atoms with Crippen molar-refractivity contribution in [3.8, 4) is 0 Å². The first kappa shape index (κ1) is 13.4. The van der Waals surface area contributed by atoms with Gasteiger partial charge < -0.3 is 4.52 Å². The minimum absolute atomic E-state index is 0.222. The lowest BCUT2D eigenvalue weighted by Crippen LogP contribution is -2.39. The second-order valence-corrected chi connectivity index (χ2v) is 6.48. The van der Waals surface area contributed by atoms with Crippen molar-refractivity contribution in [2.75, 3.05) is 13.1 Å². The van der Waals surface area contributed by atoms with E-state index < -0.39 is 5.91 Å². The predicted octanol–water partition coefficient (Wildman–Crippen LogP) is 0.604. The molecule has 1 fully saturated rings. The Hall–Kier alpha value is -1.05. The molecule has 1 aliphatic rings. The first-order valence-corrected chi connectivity index (χ1v) is 6.87. The Kier molecular flexibility index (Phi) is 4.26. The number of carbonyl (C=O) groups excluding carboxylic acids is 1. The Morgan fingerprint density at radius 1 is 1.61 bits per heavy atom. The molecule has 0 aromatic carbocycles. The Bertz CT molecular complexity index is 413. The highest BCUT2D eigenvalue weighted by Crippen LogP contribution is 2.25. The van der Waals surface area contributed by atoms with Crippen molar-refractivity contribution >= 4 is 17.7 Å². The third kappa shape index (κ3) is 3.24. The van der Waals surface area contributed by atoms with Crippen LogP contribution in [0.3, 0.4) is 0 Å². The standard InChI is InChI=1S/C11H18N4O2S/c1-7-4-15(5-8(2)18-7)6-9-3-10(14-17-9)11(16)13-12/h3,7-8H,4-6,12H2,1-2H3,(H,13,16). The molecule has 2 unspecified atom stereocenters. The van der Waals surface area contributed by atoms with Crippen LogP contribution >= 0.6 is 11.8 Å². The summed E-state index contributed by atoms with van der Waals surface area (Å²) in [6.45, 7) is 7.17. The maximum atomic E-state index is 11.2. The fourth-order valence-corrected chi connectivity index (χ4v) is 3.59. The molecule has 1 saturated heterocycles. The van der Waals surface area contributed by atoms with Crippen LogP contribution in [0.15, 0.2) is 10.6 Å². The zero-order valence-electron chi connectivity index (χ0n) is 10.5. The minimum Gasteiger partial charge on any atom is -0.359 e. The van der Waals surface area contributed by atoms with Gasteiger partial charge in [0.2, 0.25) is 0 Å². The average Bonchev–Trinajstić information content (AvgIpc) is 2.75. The molecular formula is C11H18N4O2S. The molecular weight excluding hydrogens is 252 g/mol. The molecule has 2 rings (SSSR count). The lowest BCUT2D eigenvalue weighted by Gasteiger charge is -2.33. The predicted molar refractivity (Wildman–Crippen MR) is 69.9 cm³/mol. The van der Waals surface area contributed by atoms with Gasteiger partial charge in [0.1, 0.15) is 0 Å². The molecule has 0 radical (unpaired) electrons. The third-order valence-electron chi connectivity index (χ3n) is 2.80. The van der Waals surface area contributed by atoms with E-state index in [0.29, 0.717) is 22.8 Å². The second kappa shape index (κ2) is 5.73. The van der Waals surface area contributed by atoms with Crippen LogP contribution in [0.1, 0.15) is 30.1 Å². The number of nitrogens with one attached hydrogen (secondary N) is 1. The molecule has 0 saturated carbocycles. The number of carbonyl (C=O) groups is 1. The summed E-state index contributed by atoms with van der Waals surface area (Å²) in [4.78, 5) is 13.6. The van der Waals surface area contributed by atoms with Crippen molar-refractivity contribution in [3.63, 3.8) is 0 Å². The van der Waals surface area contributed by atoms with Crippen LogP contribution in [-0.2, 0) is 6.54 Å². The number of hydrazine groups is 1. The van der Waals surface area contributed by atoms with E-state index in [9.17, 15) is 4.79 Å². The number of hydrogen-bond donors (Lipinski definition) is 2. The average molecular weight is 270 g/mol. The van der Waals surface area contributed by atoms with Gasteiger partial charge >= 0.3 is 0 Å². The van der Waals surface area contributed by atoms with Crippen LogP contribution in [0.4, 0.5) is 0 Å². The van der Waals surface area contributed by atoms with E-state index in [0.717, 1.165) is 13.1 Å². The van der Waals surface area contributed by atoms with Gasteiger partial charge in [0.15, 0.2) is 11.5 Å². The van der Waals surface area contributed by atoms with Crippen LogP contribution in [0.2, 0.25) is 0 Å². The molecule has 0 spiro atoms. The number of hydrogen-bond acceptors (Lipinski definition) is 6. The van der Waals surface area contributed by atoms with E-state index in [-0.39, 0.29) is 5.69 Å². The number of nitrogens with two attached hydrogens (primary N) is 1. The molecule has 18 heavy (non-hydrogen) atoms. The van der Waals surface area contributed by atoms with Crippen molar-refractivity contribution in [2.24, 2.45) is 5.84 Å². The van der Waals surface area contributed by atoms with Gasteiger partial charge in [0, 0.05) is 29.7 Å². The number of thioether (sulfide) groups is 1. The zero-order valence-corrected chi connectivity index (χ0v) is 11.4. The molecule has 1 amide bonds. The summed E-state index contributed by atoms with van der Waals surface area (Å²) in [6.07, 6.45) is 0. The summed E-state index contributed by atoms with van der Waals surface area (Å²) >= 11 is 2.00. The lowest BCUT2D eigenvalue weighted by molar-refractivity contribution is 0.0944. The minimum atomic E-state index is -0.430. The van der Waals surface area contributed by atoms with Crippen molar-refractivity contribution in [3.05, 3.63) is 17.5 Å². The summed E-state index contributed by atoms with van der Waals surface area (Å²) in [5.41, 5.74) is 2.26. The number of aromatic nitrogens is 1. The fourth-order valence-electron chi connectivity index (χ4n) is 2.20. The number of rotatable bonds is 3. The van der Waals surface area contributed by atoms with Crippen LogP contribution in [0.5, 0.6) is 0 Å². The first-order valence-electron chi connectivity index (χ1n) is 5.93. The molecule has 7 heteroatoms. The van der Waals surface area contributed by atoms with E-state index in [2.05, 4.69) is 23.9 Å². The second-order valence-electron chi connectivity index (χ2n) is 4.60. The van der Waals surface area contributed by atoms with Gasteiger partial charge in [-0.05, 0) is 0 Å². The maximum absolute atomic E-state index is 11.2. The molecule has 3 N–H and O–H groups in total. The van der Waals surface area contributed by atoms with Crippen molar-refractivity contribution in [2.45, 2.75) is 30.9 Å². The van der Waals surface area contributed by atoms with Gasteiger partial charge in [-0.3, -0.25) is 15.1 Å². The molecule has 6 nitrogen and oxygen atoms in total. The maximum Gasteiger partial charge on any atom is 0.287 e. The highest BCUT2D eigenvalue weighted by molar-refractivity contribution is 8.00. The quantitative estimate of drug-likeness (QED) is 0.475. The van der Waals surface area contributed by atoms with E-state index in [1.165, 1.54) is 0 Å². The van der Waals surface area contributed by atoms with Gasteiger partial charge in [-0.15, -0.1) is 0 Å². The molecule has 1 aliphatic heterocycles. The van der Waals surface area contributed by atoms with Crippen LogP contribution in [0, 0.1) is 0 Å². The lowest BCUT2D eigenvalue weighted by atomic mass is 10.3. The first-order chi connectivity index (χ1) is 8.58. The van der Waals surface area contributed by atoms with Crippen LogP contribution < -0.4 is 11.3 Å². The highest BCUT2D eigenvalue weighted by atomic mass is 32.2. The summed E-state index contributed by atoms with van der Waals surface area (Å²) in [6, 6.07) is 1.64. The smallest absolute Gasteiger partial charge is 0.287 e. The number of nitrogens with zero attached hydrogens (tertiary/aromatic N) is 2. The Labute approximate surface area is 110 Å². The Balaban J connectivity index is 1.96. The Morgan fingerprint density at radius 3 is 2.89 bits per heavy atom. The van der Waals surface area contributed by atoms with Crippen LogP contribution in [0.25, 0.3) is 0 Å². The molecule has 2 heterocycles. The van der Waals surface area contributed by atoms with Crippen molar-refractivity contribution in [1.29, 1.82) is 0 Å². The monoisotopic (exact) mass is 270 g/mol. The Morgan fingerprint density at radius 2 is 2.28 bits per heavy atom. The normalized spacial score (nSPS) is 25.1. The molecule has 2 atom stereocenters. The van der Waals surface area contributed by atoms with Gasteiger partial charge in [-0.2, -0.15) is 11.8 Å². The highest BCUT2D eigenvalue weighted by Gasteiger charge is 2.23. The van der Waals surface area contributed by atoms with Crippen LogP contribution in [-0.4, -0.2) is 39.6 Å². The van der Waals surface area contributed by atoms with Crippen molar-refractivity contribution < 1.29 is 9.32 Å². The number of amides is 1. The van der Waals surface area contributed by atoms with Crippen molar-refractivity contribution in [1.82, 2.24) is 15.5 Å². The summed E-state index contributed by atoms with van der Waals surface area (Å²) in [5, 5.41) is 4.92. The van der Waals surface area contributed by atoms with E-state index in [1.54, 1.807) is 6.07 Å².